The zero-order valence-electron chi connectivity index (χ0n) is 17.1. The molecule has 2 aromatic heterocycles. The lowest BCUT2D eigenvalue weighted by Crippen LogP contribution is -2.42. The molecule has 3 aromatic rings. The van der Waals surface area contributed by atoms with Gasteiger partial charge in [0.2, 0.25) is 0 Å². The van der Waals surface area contributed by atoms with E-state index in [0.717, 1.165) is 34.7 Å². The summed E-state index contributed by atoms with van der Waals surface area (Å²) in [5.41, 5.74) is 3.34. The Labute approximate surface area is 200 Å². The highest BCUT2D eigenvalue weighted by molar-refractivity contribution is 7.19. The minimum Gasteiger partial charge on any atom is -0.335 e. The summed E-state index contributed by atoms with van der Waals surface area (Å²) >= 11 is 20.2. The fourth-order valence-corrected chi connectivity index (χ4v) is 5.53. The van der Waals surface area contributed by atoms with E-state index in [2.05, 4.69) is 10.6 Å². The van der Waals surface area contributed by atoms with Gasteiger partial charge in [-0.25, -0.2) is 9.48 Å². The van der Waals surface area contributed by atoms with Crippen molar-refractivity contribution in [1.82, 2.24) is 20.4 Å². The van der Waals surface area contributed by atoms with Crippen LogP contribution in [0.3, 0.4) is 0 Å². The maximum atomic E-state index is 12.4. The molecule has 0 atom stereocenters. The summed E-state index contributed by atoms with van der Waals surface area (Å²) in [6.07, 6.45) is 5.67. The Balaban J connectivity index is 1.61. The Kier molecular flexibility index (Phi) is 7.12. The molecule has 164 valence electrons. The number of thiophene rings is 1. The summed E-state index contributed by atoms with van der Waals surface area (Å²) in [4.78, 5) is 13.4. The highest BCUT2D eigenvalue weighted by atomic mass is 35.5. The number of rotatable bonds is 5. The summed E-state index contributed by atoms with van der Waals surface area (Å²) in [5.74, 6) is 0. The van der Waals surface area contributed by atoms with E-state index >= 15 is 0 Å². The van der Waals surface area contributed by atoms with Crippen LogP contribution in [0.1, 0.15) is 43.4 Å². The molecule has 1 aliphatic rings. The van der Waals surface area contributed by atoms with Crippen molar-refractivity contribution in [2.24, 2.45) is 0 Å². The van der Waals surface area contributed by atoms with Crippen molar-refractivity contribution in [2.75, 3.05) is 0 Å². The third kappa shape index (κ3) is 5.20. The van der Waals surface area contributed by atoms with E-state index in [-0.39, 0.29) is 12.1 Å². The maximum absolute atomic E-state index is 12.4. The maximum Gasteiger partial charge on any atom is 0.315 e. The first-order valence-electron chi connectivity index (χ1n) is 10.3. The molecule has 5 nitrogen and oxygen atoms in total. The van der Waals surface area contributed by atoms with Crippen molar-refractivity contribution in [3.63, 3.8) is 0 Å². The molecule has 1 saturated carbocycles. The van der Waals surface area contributed by atoms with Crippen LogP contribution in [0.25, 0.3) is 16.3 Å². The van der Waals surface area contributed by atoms with Gasteiger partial charge in [0.25, 0.3) is 0 Å². The van der Waals surface area contributed by atoms with Crippen LogP contribution in [0.15, 0.2) is 30.3 Å². The Hall–Kier alpha value is -1.73. The van der Waals surface area contributed by atoms with Crippen LogP contribution in [0.2, 0.25) is 14.4 Å². The molecule has 2 heterocycles. The molecule has 2 amide bonds. The predicted octanol–water partition coefficient (Wildman–Crippen LogP) is 7.00. The zero-order chi connectivity index (χ0) is 22.0. The molecule has 2 N–H and O–H groups in total. The van der Waals surface area contributed by atoms with Crippen molar-refractivity contribution in [2.45, 2.75) is 51.6 Å². The van der Waals surface area contributed by atoms with Crippen LogP contribution in [0.4, 0.5) is 4.79 Å². The molecule has 9 heteroatoms. The van der Waals surface area contributed by atoms with Crippen LogP contribution in [-0.4, -0.2) is 21.9 Å². The number of hydrogen-bond donors (Lipinski definition) is 2. The zero-order valence-corrected chi connectivity index (χ0v) is 20.1. The molecule has 1 aromatic carbocycles. The van der Waals surface area contributed by atoms with E-state index in [1.165, 1.54) is 30.6 Å². The number of amides is 2. The molecule has 1 fully saturated rings. The molecule has 4 rings (SSSR count). The normalized spacial score (nSPS) is 14.6. The van der Waals surface area contributed by atoms with E-state index in [1.54, 1.807) is 16.8 Å². The molecule has 0 saturated heterocycles. The lowest BCUT2D eigenvalue weighted by Gasteiger charge is -2.22. The van der Waals surface area contributed by atoms with Crippen molar-refractivity contribution >= 4 is 52.2 Å². The average molecular weight is 498 g/mol. The van der Waals surface area contributed by atoms with Gasteiger partial charge in [-0.2, -0.15) is 5.10 Å². The van der Waals surface area contributed by atoms with Gasteiger partial charge in [0.05, 0.1) is 37.9 Å². The van der Waals surface area contributed by atoms with Crippen LogP contribution in [0.5, 0.6) is 0 Å². The summed E-state index contributed by atoms with van der Waals surface area (Å²) in [5, 5.41) is 11.9. The number of halogens is 3. The van der Waals surface area contributed by atoms with Gasteiger partial charge >= 0.3 is 6.03 Å². The van der Waals surface area contributed by atoms with Crippen LogP contribution < -0.4 is 10.6 Å². The molecule has 0 unspecified atom stereocenters. The summed E-state index contributed by atoms with van der Waals surface area (Å²) < 4.78 is 2.49. The fraction of sp³-hybridized carbons (Fsp3) is 0.364. The monoisotopic (exact) mass is 496 g/mol. The third-order valence-corrected chi connectivity index (χ3v) is 7.30. The van der Waals surface area contributed by atoms with E-state index in [1.807, 2.05) is 25.1 Å². The molecule has 0 bridgehead atoms. The molecular weight excluding hydrogens is 475 g/mol. The lowest BCUT2D eigenvalue weighted by molar-refractivity contribution is 0.232. The number of hydrogen-bond acceptors (Lipinski definition) is 3. The van der Waals surface area contributed by atoms with Gasteiger partial charge in [-0.3, -0.25) is 0 Å². The molecule has 1 aliphatic carbocycles. The van der Waals surface area contributed by atoms with Crippen LogP contribution in [-0.2, 0) is 6.54 Å². The van der Waals surface area contributed by atoms with Gasteiger partial charge in [-0.15, -0.1) is 11.3 Å². The minimum atomic E-state index is -0.161. The molecule has 31 heavy (non-hydrogen) atoms. The number of aromatic nitrogens is 2. The number of nitrogens with zero attached hydrogens (tertiary/aromatic N) is 2. The molecule has 0 aliphatic heterocycles. The van der Waals surface area contributed by atoms with E-state index < -0.39 is 0 Å². The van der Waals surface area contributed by atoms with E-state index in [4.69, 9.17) is 39.9 Å². The fourth-order valence-electron chi connectivity index (χ4n) is 3.91. The molecule has 0 radical (unpaired) electrons. The van der Waals surface area contributed by atoms with Crippen LogP contribution >= 0.6 is 46.1 Å². The number of nitrogens with one attached hydrogen (secondary N) is 2. The predicted molar refractivity (Wildman–Crippen MR) is 129 cm³/mol. The Morgan fingerprint density at radius 2 is 1.94 bits per heavy atom. The summed E-state index contributed by atoms with van der Waals surface area (Å²) in [6, 6.07) is 9.22. The highest BCUT2D eigenvalue weighted by Crippen LogP contribution is 2.37. The summed E-state index contributed by atoms with van der Waals surface area (Å²) in [7, 11) is 0. The van der Waals surface area contributed by atoms with Crippen molar-refractivity contribution in [3.8, 4) is 16.3 Å². The second-order valence-corrected chi connectivity index (χ2v) is 10.3. The lowest BCUT2D eigenvalue weighted by atomic mass is 9.96. The van der Waals surface area contributed by atoms with Crippen molar-refractivity contribution in [1.29, 1.82) is 0 Å². The quantitative estimate of drug-likeness (QED) is 0.398. The van der Waals surface area contributed by atoms with E-state index in [9.17, 15) is 4.79 Å². The average Bonchev–Trinajstić information content (AvgIpc) is 3.30. The largest absolute Gasteiger partial charge is 0.335 e. The number of carbonyl (C=O) groups is 1. The number of urea groups is 1. The third-order valence-electron chi connectivity index (χ3n) is 5.52. The van der Waals surface area contributed by atoms with Gasteiger partial charge < -0.3 is 10.6 Å². The second kappa shape index (κ2) is 9.82. The summed E-state index contributed by atoms with van der Waals surface area (Å²) in [6.45, 7) is 2.31. The van der Waals surface area contributed by atoms with Gasteiger partial charge in [-0.1, -0.05) is 54.1 Å². The SMILES string of the molecule is Cc1c(CNC(=O)NC2CCCCC2)nn(-c2ccc(Cl)cc2Cl)c1-c1ccc(Cl)s1. The van der Waals surface area contributed by atoms with Crippen molar-refractivity contribution in [3.05, 3.63) is 56.0 Å². The van der Waals surface area contributed by atoms with Crippen molar-refractivity contribution < 1.29 is 4.79 Å². The standard InChI is InChI=1S/C22H23Cl3N4OS/c1-13-17(12-26-22(30)27-15-5-3-2-4-6-15)28-29(18-8-7-14(23)11-16(18)24)21(13)19-9-10-20(25)31-19/h7-11,15H,2-6,12H2,1H3,(H2,26,27,30). The van der Waals surface area contributed by atoms with Gasteiger partial charge in [0, 0.05) is 16.6 Å². The first kappa shape index (κ1) is 22.5. The minimum absolute atomic E-state index is 0.161. The Bertz CT molecular complexity index is 1090. The first-order valence-corrected chi connectivity index (χ1v) is 12.2. The van der Waals surface area contributed by atoms with Crippen LogP contribution in [0, 0.1) is 6.92 Å². The second-order valence-electron chi connectivity index (χ2n) is 7.69. The number of carbonyl (C=O) groups excluding carboxylic acids is 1. The first-order chi connectivity index (χ1) is 14.9. The Morgan fingerprint density at radius 1 is 1.16 bits per heavy atom. The van der Waals surface area contributed by atoms with E-state index in [0.29, 0.717) is 26.6 Å². The topological polar surface area (TPSA) is 59.0 Å². The Morgan fingerprint density at radius 3 is 2.61 bits per heavy atom. The van der Waals surface area contributed by atoms with Gasteiger partial charge in [0.1, 0.15) is 0 Å². The molecular formula is C22H23Cl3N4OS. The van der Waals surface area contributed by atoms with Gasteiger partial charge in [-0.05, 0) is 50.1 Å². The van der Waals surface area contributed by atoms with Gasteiger partial charge in [0.15, 0.2) is 0 Å². The molecule has 0 spiro atoms. The highest BCUT2D eigenvalue weighted by Gasteiger charge is 2.21. The smallest absolute Gasteiger partial charge is 0.315 e. The number of benzene rings is 1.